The zero-order chi connectivity index (χ0) is 21.2. The number of esters is 1. The van der Waals surface area contributed by atoms with Crippen molar-refractivity contribution in [2.45, 2.75) is 31.2 Å². The van der Waals surface area contributed by atoms with Gasteiger partial charge in [0.15, 0.2) is 0 Å². The van der Waals surface area contributed by atoms with Crippen LogP contribution in [-0.4, -0.2) is 24.5 Å². The number of carbonyl (C=O) groups is 1. The highest BCUT2D eigenvalue weighted by Gasteiger charge is 2.41. The summed E-state index contributed by atoms with van der Waals surface area (Å²) in [6, 6.07) is 3.66. The van der Waals surface area contributed by atoms with E-state index in [2.05, 4.69) is 16.9 Å². The van der Waals surface area contributed by atoms with Crippen molar-refractivity contribution >= 4 is 29.5 Å². The zero-order valence-electron chi connectivity index (χ0n) is 16.0. The Kier molecular flexibility index (Phi) is 6.07. The molecule has 3 N–H and O–H groups in total. The number of aliphatic imine (C=N–C) groups is 1. The van der Waals surface area contributed by atoms with Crippen LogP contribution in [0.5, 0.6) is 0 Å². The highest BCUT2D eigenvalue weighted by molar-refractivity contribution is 6.44. The van der Waals surface area contributed by atoms with Gasteiger partial charge in [-0.2, -0.15) is 0 Å². The van der Waals surface area contributed by atoms with Gasteiger partial charge in [0.1, 0.15) is 28.2 Å². The van der Waals surface area contributed by atoms with Crippen molar-refractivity contribution in [1.29, 1.82) is 0 Å². The van der Waals surface area contributed by atoms with Gasteiger partial charge in [-0.15, -0.1) is 0 Å². The summed E-state index contributed by atoms with van der Waals surface area (Å²) in [5, 5.41) is 2.80. The van der Waals surface area contributed by atoms with Gasteiger partial charge in [-0.25, -0.2) is 13.6 Å². The molecule has 0 amide bonds. The van der Waals surface area contributed by atoms with Gasteiger partial charge in [0, 0.05) is 11.3 Å². The number of halogens is 3. The third-order valence-corrected chi connectivity index (χ3v) is 5.24. The van der Waals surface area contributed by atoms with Crippen molar-refractivity contribution in [3.63, 3.8) is 0 Å². The molecule has 0 unspecified atom stereocenters. The van der Waals surface area contributed by atoms with Crippen molar-refractivity contribution in [1.82, 2.24) is 5.32 Å². The molecule has 8 heteroatoms. The second-order valence-electron chi connectivity index (χ2n) is 7.17. The van der Waals surface area contributed by atoms with Gasteiger partial charge < -0.3 is 15.8 Å². The van der Waals surface area contributed by atoms with Gasteiger partial charge in [0.25, 0.3) is 0 Å². The van der Waals surface area contributed by atoms with E-state index >= 15 is 0 Å². The highest BCUT2D eigenvalue weighted by atomic mass is 35.5. The Morgan fingerprint density at radius 3 is 2.52 bits per heavy atom. The molecule has 154 valence electrons. The minimum Gasteiger partial charge on any atom is -0.464 e. The Morgan fingerprint density at radius 2 is 2.00 bits per heavy atom. The Hall–Kier alpha value is -2.67. The predicted octanol–water partition coefficient (Wildman–Crippen LogP) is 4.00. The SMILES string of the molecule is C=C(NC(C(=O)OC)=C(Cl)C(N)=NC1(/C=C/c2c(F)cccc2F)CC1)C1CC1. The number of hydrogen-bond donors (Lipinski definition) is 2. The standard InChI is InChI=1S/C21H22ClF2N3O2/c1-12(13-6-7-13)26-18(20(28)29-2)17(22)19(25)27-21(10-11-21)9-8-14-15(23)4-3-5-16(14)24/h3-5,8-9,13,26H,1,6-7,10-11H2,2H3,(H2,25,27)/b9-8+,18-17?. The maximum absolute atomic E-state index is 13.8. The van der Waals surface area contributed by atoms with Crippen molar-refractivity contribution in [3.05, 3.63) is 64.5 Å². The number of amidine groups is 1. The fraction of sp³-hybridized carbons (Fsp3) is 0.333. The van der Waals surface area contributed by atoms with E-state index in [0.717, 1.165) is 12.8 Å². The van der Waals surface area contributed by atoms with E-state index in [1.165, 1.54) is 31.4 Å². The lowest BCUT2D eigenvalue weighted by molar-refractivity contribution is -0.136. The zero-order valence-corrected chi connectivity index (χ0v) is 16.7. The molecule has 0 radical (unpaired) electrons. The molecule has 2 saturated carbocycles. The third kappa shape index (κ3) is 5.03. The summed E-state index contributed by atoms with van der Waals surface area (Å²) >= 11 is 6.32. The first-order chi connectivity index (χ1) is 13.8. The van der Waals surface area contributed by atoms with E-state index in [4.69, 9.17) is 22.1 Å². The summed E-state index contributed by atoms with van der Waals surface area (Å²) < 4.78 is 32.4. The average Bonchev–Trinajstić information content (AvgIpc) is 3.60. The topological polar surface area (TPSA) is 76.7 Å². The van der Waals surface area contributed by atoms with Gasteiger partial charge in [-0.05, 0) is 43.7 Å². The summed E-state index contributed by atoms with van der Waals surface area (Å²) in [6.45, 7) is 3.91. The number of nitrogens with zero attached hydrogens (tertiary/aromatic N) is 1. The average molecular weight is 422 g/mol. The first-order valence-electron chi connectivity index (χ1n) is 9.19. The van der Waals surface area contributed by atoms with Crippen LogP contribution >= 0.6 is 11.6 Å². The van der Waals surface area contributed by atoms with E-state index in [0.29, 0.717) is 18.5 Å². The number of rotatable bonds is 8. The number of ether oxygens (including phenoxy) is 1. The number of carbonyl (C=O) groups excluding carboxylic acids is 1. The number of allylic oxidation sites excluding steroid dienone is 1. The first-order valence-corrected chi connectivity index (χ1v) is 9.57. The molecule has 29 heavy (non-hydrogen) atoms. The van der Waals surface area contributed by atoms with E-state index in [9.17, 15) is 13.6 Å². The maximum atomic E-state index is 13.8. The normalized spacial score (nSPS) is 19.0. The molecule has 0 aliphatic heterocycles. The van der Waals surface area contributed by atoms with Crippen molar-refractivity contribution in [2.75, 3.05) is 7.11 Å². The van der Waals surface area contributed by atoms with Crippen LogP contribution in [0.25, 0.3) is 6.08 Å². The van der Waals surface area contributed by atoms with Crippen LogP contribution in [0.2, 0.25) is 0 Å². The van der Waals surface area contributed by atoms with Crippen molar-refractivity contribution in [2.24, 2.45) is 16.6 Å². The molecule has 0 heterocycles. The van der Waals surface area contributed by atoms with E-state index < -0.39 is 23.1 Å². The molecule has 0 atom stereocenters. The summed E-state index contributed by atoms with van der Waals surface area (Å²) in [6.07, 6.45) is 6.20. The van der Waals surface area contributed by atoms with Crippen LogP contribution in [0.15, 0.2) is 52.3 Å². The summed E-state index contributed by atoms with van der Waals surface area (Å²) in [5.74, 6) is -1.81. The van der Waals surface area contributed by atoms with Gasteiger partial charge in [-0.1, -0.05) is 36.4 Å². The minimum absolute atomic E-state index is 0.0350. The lowest BCUT2D eigenvalue weighted by Gasteiger charge is -2.14. The van der Waals surface area contributed by atoms with Crippen LogP contribution in [0.1, 0.15) is 31.2 Å². The minimum atomic E-state index is -0.715. The van der Waals surface area contributed by atoms with E-state index in [1.54, 1.807) is 6.08 Å². The van der Waals surface area contributed by atoms with Crippen LogP contribution in [-0.2, 0) is 9.53 Å². The molecule has 2 fully saturated rings. The molecule has 1 aromatic rings. The molecule has 5 nitrogen and oxygen atoms in total. The third-order valence-electron chi connectivity index (χ3n) is 4.85. The Bertz CT molecular complexity index is 912. The molecular weight excluding hydrogens is 400 g/mol. The quantitative estimate of drug-likeness (QED) is 0.288. The Balaban J connectivity index is 1.85. The summed E-state index contributed by atoms with van der Waals surface area (Å²) in [7, 11) is 1.23. The number of nitrogens with one attached hydrogen (secondary N) is 1. The monoisotopic (exact) mass is 421 g/mol. The second kappa shape index (κ2) is 8.37. The molecule has 0 aromatic heterocycles. The number of hydrogen-bond acceptors (Lipinski definition) is 4. The summed E-state index contributed by atoms with van der Waals surface area (Å²) in [5.41, 5.74) is 5.80. The van der Waals surface area contributed by atoms with Crippen LogP contribution in [0.4, 0.5) is 8.78 Å². The smallest absolute Gasteiger partial charge is 0.356 e. The first kappa shape index (κ1) is 21.0. The van der Waals surface area contributed by atoms with Gasteiger partial charge in [0.05, 0.1) is 12.6 Å². The van der Waals surface area contributed by atoms with Crippen LogP contribution in [0.3, 0.4) is 0 Å². The summed E-state index contributed by atoms with van der Waals surface area (Å²) in [4.78, 5) is 16.5. The maximum Gasteiger partial charge on any atom is 0.356 e. The fourth-order valence-corrected chi connectivity index (χ4v) is 2.93. The molecule has 2 aliphatic rings. The fourth-order valence-electron chi connectivity index (χ4n) is 2.76. The number of nitrogens with two attached hydrogens (primary N) is 1. The molecule has 2 aliphatic carbocycles. The molecule has 3 rings (SSSR count). The van der Waals surface area contributed by atoms with Gasteiger partial charge in [-0.3, -0.25) is 4.99 Å². The molecule has 0 bridgehead atoms. The number of benzene rings is 1. The van der Waals surface area contributed by atoms with Gasteiger partial charge >= 0.3 is 5.97 Å². The van der Waals surface area contributed by atoms with Crippen molar-refractivity contribution < 1.29 is 18.3 Å². The molecule has 0 spiro atoms. The molecule has 1 aromatic carbocycles. The Morgan fingerprint density at radius 1 is 1.38 bits per heavy atom. The number of methoxy groups -OCH3 is 1. The van der Waals surface area contributed by atoms with Crippen LogP contribution < -0.4 is 11.1 Å². The lowest BCUT2D eigenvalue weighted by atomic mass is 10.1. The lowest BCUT2D eigenvalue weighted by Crippen LogP contribution is -2.27. The van der Waals surface area contributed by atoms with Gasteiger partial charge in [0.2, 0.25) is 0 Å². The second-order valence-corrected chi connectivity index (χ2v) is 7.55. The molecular formula is C21H22ClF2N3O2. The van der Waals surface area contributed by atoms with Crippen molar-refractivity contribution in [3.8, 4) is 0 Å². The largest absolute Gasteiger partial charge is 0.464 e. The Labute approximate surface area is 173 Å². The van der Waals surface area contributed by atoms with E-state index in [-0.39, 0.29) is 28.0 Å². The predicted molar refractivity (Wildman–Crippen MR) is 109 cm³/mol. The van der Waals surface area contributed by atoms with Crippen LogP contribution in [0, 0.1) is 17.6 Å². The van der Waals surface area contributed by atoms with E-state index in [1.807, 2.05) is 0 Å². The highest BCUT2D eigenvalue weighted by Crippen LogP contribution is 2.42. The molecule has 0 saturated heterocycles.